The van der Waals surface area contributed by atoms with E-state index in [1.807, 2.05) is 6.92 Å². The predicted octanol–water partition coefficient (Wildman–Crippen LogP) is 5.00. The second kappa shape index (κ2) is 6.07. The zero-order valence-corrected chi connectivity index (χ0v) is 12.7. The summed E-state index contributed by atoms with van der Waals surface area (Å²) >= 11 is 0. The molecule has 0 amide bonds. The Bertz CT molecular complexity index is 410. The van der Waals surface area contributed by atoms with Crippen LogP contribution in [0.15, 0.2) is 24.3 Å². The average Bonchev–Trinajstić information content (AvgIpc) is 2.93. The Hall–Kier alpha value is -1.18. The summed E-state index contributed by atoms with van der Waals surface area (Å²) in [4.78, 5) is 0. The molecule has 1 N–H and O–H groups in total. The number of rotatable bonds is 4. The van der Waals surface area contributed by atoms with Gasteiger partial charge in [-0.1, -0.05) is 12.8 Å². The first-order valence-electron chi connectivity index (χ1n) is 8.29. The Labute approximate surface area is 122 Å². The minimum absolute atomic E-state index is 0.666. The third-order valence-corrected chi connectivity index (χ3v) is 5.25. The van der Waals surface area contributed by atoms with Crippen molar-refractivity contribution < 1.29 is 4.74 Å². The maximum Gasteiger partial charge on any atom is 0.119 e. The normalized spacial score (nSPS) is 22.1. The van der Waals surface area contributed by atoms with E-state index in [-0.39, 0.29) is 0 Å². The van der Waals surface area contributed by atoms with E-state index in [9.17, 15) is 0 Å². The molecule has 20 heavy (non-hydrogen) atoms. The van der Waals surface area contributed by atoms with Crippen LogP contribution in [0.4, 0.5) is 5.69 Å². The lowest BCUT2D eigenvalue weighted by Gasteiger charge is -2.37. The van der Waals surface area contributed by atoms with Gasteiger partial charge in [-0.15, -0.1) is 0 Å². The fourth-order valence-electron chi connectivity index (χ4n) is 4.05. The van der Waals surface area contributed by atoms with Crippen LogP contribution >= 0.6 is 0 Å². The largest absolute Gasteiger partial charge is 0.494 e. The van der Waals surface area contributed by atoms with Crippen molar-refractivity contribution in [2.24, 2.45) is 5.41 Å². The molecule has 1 aromatic carbocycles. The molecule has 0 saturated heterocycles. The van der Waals surface area contributed by atoms with Crippen molar-refractivity contribution in [3.8, 4) is 5.75 Å². The quantitative estimate of drug-likeness (QED) is 0.833. The first-order valence-corrected chi connectivity index (χ1v) is 8.29. The van der Waals surface area contributed by atoms with Crippen molar-refractivity contribution in [1.29, 1.82) is 0 Å². The van der Waals surface area contributed by atoms with Crippen molar-refractivity contribution >= 4 is 5.69 Å². The van der Waals surface area contributed by atoms with Crippen molar-refractivity contribution in [2.45, 2.75) is 64.3 Å². The van der Waals surface area contributed by atoms with Gasteiger partial charge in [-0.2, -0.15) is 0 Å². The maximum absolute atomic E-state index is 5.49. The summed E-state index contributed by atoms with van der Waals surface area (Å²) in [5.74, 6) is 0.964. The summed E-state index contributed by atoms with van der Waals surface area (Å²) in [5.41, 5.74) is 1.97. The fraction of sp³-hybridized carbons (Fsp3) is 0.667. The van der Waals surface area contributed by atoms with Gasteiger partial charge in [0.15, 0.2) is 0 Å². The second-order valence-corrected chi connectivity index (χ2v) is 6.58. The summed E-state index contributed by atoms with van der Waals surface area (Å²) in [5, 5.41) is 3.70. The van der Waals surface area contributed by atoms with Crippen molar-refractivity contribution in [1.82, 2.24) is 0 Å². The van der Waals surface area contributed by atoms with Crippen LogP contribution in [0, 0.1) is 5.41 Å². The lowest BCUT2D eigenvalue weighted by molar-refractivity contribution is 0.188. The number of ether oxygens (including phenoxy) is 1. The fourth-order valence-corrected chi connectivity index (χ4v) is 4.05. The number of hydrogen-bond donors (Lipinski definition) is 1. The summed E-state index contributed by atoms with van der Waals surface area (Å²) in [7, 11) is 0. The van der Waals surface area contributed by atoms with E-state index < -0.39 is 0 Å². The van der Waals surface area contributed by atoms with Gasteiger partial charge in [0.1, 0.15) is 5.75 Å². The highest BCUT2D eigenvalue weighted by Crippen LogP contribution is 2.49. The monoisotopic (exact) mass is 273 g/mol. The van der Waals surface area contributed by atoms with Crippen LogP contribution in [-0.4, -0.2) is 12.6 Å². The molecule has 1 aromatic rings. The van der Waals surface area contributed by atoms with Gasteiger partial charge in [-0.05, 0) is 75.1 Å². The third kappa shape index (κ3) is 3.11. The lowest BCUT2D eigenvalue weighted by Crippen LogP contribution is -2.31. The Kier molecular flexibility index (Phi) is 4.18. The van der Waals surface area contributed by atoms with Crippen LogP contribution in [-0.2, 0) is 0 Å². The van der Waals surface area contributed by atoms with E-state index in [2.05, 4.69) is 29.6 Å². The Morgan fingerprint density at radius 2 is 1.70 bits per heavy atom. The van der Waals surface area contributed by atoms with E-state index in [1.165, 1.54) is 57.1 Å². The van der Waals surface area contributed by atoms with Gasteiger partial charge in [0, 0.05) is 11.7 Å². The molecule has 110 valence electrons. The number of hydrogen-bond acceptors (Lipinski definition) is 2. The van der Waals surface area contributed by atoms with Crippen LogP contribution in [0.3, 0.4) is 0 Å². The Morgan fingerprint density at radius 3 is 2.30 bits per heavy atom. The molecule has 2 fully saturated rings. The molecule has 1 spiro atoms. The number of benzene rings is 1. The molecule has 0 aromatic heterocycles. The summed E-state index contributed by atoms with van der Waals surface area (Å²) < 4.78 is 5.49. The van der Waals surface area contributed by atoms with Crippen molar-refractivity contribution in [2.75, 3.05) is 11.9 Å². The SMILES string of the molecule is CCOc1ccc(NC2CCC3(CCCC3)CC2)cc1. The lowest BCUT2D eigenvalue weighted by atomic mass is 9.71. The zero-order chi connectivity index (χ0) is 13.8. The minimum Gasteiger partial charge on any atom is -0.494 e. The molecule has 2 aliphatic carbocycles. The highest BCUT2D eigenvalue weighted by atomic mass is 16.5. The first-order chi connectivity index (χ1) is 9.80. The van der Waals surface area contributed by atoms with E-state index in [4.69, 9.17) is 4.74 Å². The highest BCUT2D eigenvalue weighted by Gasteiger charge is 2.37. The Morgan fingerprint density at radius 1 is 1.05 bits per heavy atom. The second-order valence-electron chi connectivity index (χ2n) is 6.58. The topological polar surface area (TPSA) is 21.3 Å². The molecule has 0 atom stereocenters. The molecule has 0 aliphatic heterocycles. The van der Waals surface area contributed by atoms with Crippen molar-refractivity contribution in [3.05, 3.63) is 24.3 Å². The summed E-state index contributed by atoms with van der Waals surface area (Å²) in [6.45, 7) is 2.75. The summed E-state index contributed by atoms with van der Waals surface area (Å²) in [6.07, 6.45) is 11.5. The van der Waals surface area contributed by atoms with Gasteiger partial charge in [0.2, 0.25) is 0 Å². The molecule has 0 bridgehead atoms. The molecule has 0 unspecified atom stereocenters. The molecule has 2 nitrogen and oxygen atoms in total. The van der Waals surface area contributed by atoms with E-state index in [0.717, 1.165) is 17.8 Å². The van der Waals surface area contributed by atoms with E-state index in [0.29, 0.717) is 6.04 Å². The van der Waals surface area contributed by atoms with Crippen LogP contribution in [0.1, 0.15) is 58.3 Å². The molecule has 0 radical (unpaired) electrons. The van der Waals surface area contributed by atoms with Gasteiger partial charge in [0.25, 0.3) is 0 Å². The van der Waals surface area contributed by atoms with Crippen molar-refractivity contribution in [3.63, 3.8) is 0 Å². The van der Waals surface area contributed by atoms with Gasteiger partial charge in [-0.25, -0.2) is 0 Å². The van der Waals surface area contributed by atoms with Crippen LogP contribution in [0.5, 0.6) is 5.75 Å². The molecule has 3 rings (SSSR count). The van der Waals surface area contributed by atoms with Gasteiger partial charge < -0.3 is 10.1 Å². The first kappa shape index (κ1) is 13.8. The van der Waals surface area contributed by atoms with E-state index >= 15 is 0 Å². The molecule has 2 saturated carbocycles. The van der Waals surface area contributed by atoms with E-state index in [1.54, 1.807) is 0 Å². The molecule has 0 heterocycles. The third-order valence-electron chi connectivity index (χ3n) is 5.25. The summed E-state index contributed by atoms with van der Waals surface area (Å²) in [6, 6.07) is 9.08. The average molecular weight is 273 g/mol. The molecule has 2 heteroatoms. The molecule has 2 aliphatic rings. The van der Waals surface area contributed by atoms with Crippen LogP contribution < -0.4 is 10.1 Å². The zero-order valence-electron chi connectivity index (χ0n) is 12.7. The van der Waals surface area contributed by atoms with Gasteiger partial charge in [0.05, 0.1) is 6.61 Å². The van der Waals surface area contributed by atoms with Crippen LogP contribution in [0.25, 0.3) is 0 Å². The minimum atomic E-state index is 0.666. The smallest absolute Gasteiger partial charge is 0.119 e. The Balaban J connectivity index is 1.51. The van der Waals surface area contributed by atoms with Crippen LogP contribution in [0.2, 0.25) is 0 Å². The maximum atomic E-state index is 5.49. The molecular weight excluding hydrogens is 246 g/mol. The number of anilines is 1. The van der Waals surface area contributed by atoms with Gasteiger partial charge in [-0.3, -0.25) is 0 Å². The predicted molar refractivity (Wildman–Crippen MR) is 84.4 cm³/mol. The molecular formula is C18H27NO. The standard InChI is InChI=1S/C18H27NO/c1-2-20-17-7-5-15(6-8-17)19-16-9-13-18(14-10-16)11-3-4-12-18/h5-8,16,19H,2-4,9-14H2,1H3. The van der Waals surface area contributed by atoms with Gasteiger partial charge >= 0.3 is 0 Å². The highest BCUT2D eigenvalue weighted by molar-refractivity contribution is 5.47. The number of nitrogens with one attached hydrogen (secondary N) is 1.